The average molecular weight is 515 g/mol. The molecule has 6 nitrogen and oxygen atoms in total. The number of fused-ring (bicyclic) bond motifs is 3. The summed E-state index contributed by atoms with van der Waals surface area (Å²) in [6.07, 6.45) is -0.317. The number of nitrogens with zero attached hydrogens (tertiary/aromatic N) is 2. The zero-order valence-corrected chi connectivity index (χ0v) is 22.7. The quantitative estimate of drug-likeness (QED) is 0.504. The lowest BCUT2D eigenvalue weighted by atomic mass is 9.94. The highest BCUT2D eigenvalue weighted by atomic mass is 16.5. The largest absolute Gasteiger partial charge is 0.394 e. The van der Waals surface area contributed by atoms with Crippen LogP contribution in [0.15, 0.2) is 78.9 Å². The van der Waals surface area contributed by atoms with Crippen molar-refractivity contribution in [2.24, 2.45) is 5.92 Å². The molecule has 6 heteroatoms. The van der Waals surface area contributed by atoms with Crippen molar-refractivity contribution in [2.45, 2.75) is 45.4 Å². The first-order valence-electron chi connectivity index (χ1n) is 13.3. The summed E-state index contributed by atoms with van der Waals surface area (Å²) in [5.41, 5.74) is 4.36. The molecule has 0 aromatic heterocycles. The number of aliphatic hydroxyl groups is 1. The minimum Gasteiger partial charge on any atom is -0.394 e. The molecule has 1 heterocycles. The second-order valence-corrected chi connectivity index (χ2v) is 10.4. The molecule has 1 N–H and O–H groups in total. The molecular weight excluding hydrogens is 476 g/mol. The van der Waals surface area contributed by atoms with Crippen LogP contribution in [-0.2, 0) is 16.1 Å². The van der Waals surface area contributed by atoms with E-state index in [1.54, 1.807) is 9.80 Å². The van der Waals surface area contributed by atoms with Gasteiger partial charge in [0.25, 0.3) is 5.91 Å². The highest BCUT2D eigenvalue weighted by Gasteiger charge is 2.32. The van der Waals surface area contributed by atoms with Gasteiger partial charge >= 0.3 is 0 Å². The van der Waals surface area contributed by atoms with Gasteiger partial charge < -0.3 is 19.6 Å². The molecule has 0 aliphatic carbocycles. The van der Waals surface area contributed by atoms with Gasteiger partial charge in [-0.05, 0) is 42.2 Å². The van der Waals surface area contributed by atoms with Crippen LogP contribution in [0.2, 0.25) is 0 Å². The van der Waals surface area contributed by atoms with Gasteiger partial charge in [0, 0.05) is 31.6 Å². The number of carbonyl (C=O) groups excluding carboxylic acids is 2. The Morgan fingerprint density at radius 2 is 1.58 bits per heavy atom. The second-order valence-electron chi connectivity index (χ2n) is 10.4. The van der Waals surface area contributed by atoms with E-state index in [1.165, 1.54) is 0 Å². The van der Waals surface area contributed by atoms with E-state index >= 15 is 0 Å². The number of aliphatic hydroxyl groups excluding tert-OH is 1. The topological polar surface area (TPSA) is 70.1 Å². The molecule has 0 fully saturated rings. The van der Waals surface area contributed by atoms with Crippen LogP contribution in [-0.4, -0.2) is 65.6 Å². The van der Waals surface area contributed by atoms with E-state index in [9.17, 15) is 14.7 Å². The standard InChI is InChI=1S/C32H38N2O4/c1-22-18-34(23(2)20-35)32(37)29-17-11-10-16-28(29)27-15-9-8-14-26(27)21-38-30(22)19-33(4)31(36)24(3)25-12-6-5-7-13-25/h5-17,22-24,30,35H,18-21H2,1-4H3/t22-,23-,24-,30+/m1/s1. The van der Waals surface area contributed by atoms with Crippen molar-refractivity contribution < 1.29 is 19.4 Å². The molecule has 1 aliphatic heterocycles. The van der Waals surface area contributed by atoms with Crippen LogP contribution in [0.1, 0.15) is 48.2 Å². The zero-order chi connectivity index (χ0) is 27.2. The normalized spacial score (nSPS) is 19.5. The summed E-state index contributed by atoms with van der Waals surface area (Å²) in [4.78, 5) is 30.7. The molecule has 0 saturated carbocycles. The predicted molar refractivity (Wildman–Crippen MR) is 150 cm³/mol. The fraction of sp³-hybridized carbons (Fsp3) is 0.375. The number of likely N-dealkylation sites (N-methyl/N-ethyl adjacent to an activating group) is 1. The summed E-state index contributed by atoms with van der Waals surface area (Å²) in [7, 11) is 1.81. The van der Waals surface area contributed by atoms with Crippen molar-refractivity contribution in [1.82, 2.24) is 9.80 Å². The number of hydrogen-bond acceptors (Lipinski definition) is 4. The Hall–Kier alpha value is -3.48. The Labute approximate surface area is 225 Å². The van der Waals surface area contributed by atoms with Crippen molar-refractivity contribution in [3.05, 3.63) is 95.6 Å². The minimum absolute atomic E-state index is 0.0192. The first kappa shape index (κ1) is 27.6. The first-order chi connectivity index (χ1) is 18.3. The van der Waals surface area contributed by atoms with E-state index in [1.807, 2.05) is 107 Å². The molecule has 0 bridgehead atoms. The fourth-order valence-corrected chi connectivity index (χ4v) is 5.13. The van der Waals surface area contributed by atoms with E-state index in [4.69, 9.17) is 4.74 Å². The molecule has 0 radical (unpaired) electrons. The van der Waals surface area contributed by atoms with Crippen molar-refractivity contribution >= 4 is 11.8 Å². The lowest BCUT2D eigenvalue weighted by molar-refractivity contribution is -0.134. The number of rotatable bonds is 6. The van der Waals surface area contributed by atoms with Crippen LogP contribution in [0.25, 0.3) is 11.1 Å². The zero-order valence-electron chi connectivity index (χ0n) is 22.7. The Balaban J connectivity index is 1.67. The van der Waals surface area contributed by atoms with Gasteiger partial charge in [-0.3, -0.25) is 9.59 Å². The highest BCUT2D eigenvalue weighted by Crippen LogP contribution is 2.31. The van der Waals surface area contributed by atoms with Crippen LogP contribution < -0.4 is 0 Å². The SMILES string of the molecule is C[C@@H]1CN([C@H](C)CO)C(=O)c2ccccc2-c2ccccc2CO[C@H]1CN(C)C(=O)[C@H](C)c1ccccc1. The van der Waals surface area contributed by atoms with Crippen molar-refractivity contribution in [3.8, 4) is 11.1 Å². The molecule has 3 aromatic carbocycles. The van der Waals surface area contributed by atoms with Crippen molar-refractivity contribution in [2.75, 3.05) is 26.7 Å². The molecule has 2 amide bonds. The minimum atomic E-state index is -0.368. The van der Waals surface area contributed by atoms with Crippen LogP contribution >= 0.6 is 0 Å². The molecule has 3 aromatic rings. The van der Waals surface area contributed by atoms with E-state index in [2.05, 4.69) is 0 Å². The van der Waals surface area contributed by atoms with Crippen LogP contribution in [0, 0.1) is 5.92 Å². The molecule has 1 aliphatic rings. The monoisotopic (exact) mass is 514 g/mol. The third-order valence-electron chi connectivity index (χ3n) is 7.59. The summed E-state index contributed by atoms with van der Waals surface area (Å²) >= 11 is 0. The molecule has 200 valence electrons. The first-order valence-corrected chi connectivity index (χ1v) is 13.3. The number of hydrogen-bond donors (Lipinski definition) is 1. The number of carbonyl (C=O) groups is 2. The number of benzene rings is 3. The third kappa shape index (κ3) is 5.98. The summed E-state index contributed by atoms with van der Waals surface area (Å²) in [5.74, 6) is -0.466. The Bertz CT molecular complexity index is 1240. The van der Waals surface area contributed by atoms with E-state index < -0.39 is 0 Å². The van der Waals surface area contributed by atoms with E-state index in [0.29, 0.717) is 25.3 Å². The van der Waals surface area contributed by atoms with E-state index in [-0.39, 0.29) is 42.4 Å². The molecule has 38 heavy (non-hydrogen) atoms. The van der Waals surface area contributed by atoms with Crippen LogP contribution in [0.3, 0.4) is 0 Å². The summed E-state index contributed by atoms with van der Waals surface area (Å²) in [6, 6.07) is 25.0. The van der Waals surface area contributed by atoms with Crippen LogP contribution in [0.4, 0.5) is 0 Å². The second kappa shape index (κ2) is 12.4. The lowest BCUT2D eigenvalue weighted by Gasteiger charge is -2.35. The Kier molecular flexibility index (Phi) is 8.97. The van der Waals surface area contributed by atoms with Gasteiger partial charge in [-0.25, -0.2) is 0 Å². The van der Waals surface area contributed by atoms with Gasteiger partial charge in [-0.1, -0.05) is 79.7 Å². The molecule has 4 atom stereocenters. The highest BCUT2D eigenvalue weighted by molar-refractivity contribution is 6.01. The Morgan fingerprint density at radius 3 is 2.26 bits per heavy atom. The van der Waals surface area contributed by atoms with Crippen LogP contribution in [0.5, 0.6) is 0 Å². The molecule has 0 saturated heterocycles. The molecular formula is C32H38N2O4. The van der Waals surface area contributed by atoms with E-state index in [0.717, 1.165) is 22.3 Å². The predicted octanol–water partition coefficient (Wildman–Crippen LogP) is 4.97. The van der Waals surface area contributed by atoms with Crippen molar-refractivity contribution in [1.29, 1.82) is 0 Å². The van der Waals surface area contributed by atoms with Gasteiger partial charge in [0.2, 0.25) is 5.91 Å². The van der Waals surface area contributed by atoms with Crippen molar-refractivity contribution in [3.63, 3.8) is 0 Å². The maximum atomic E-state index is 13.9. The molecule has 0 spiro atoms. The van der Waals surface area contributed by atoms with Gasteiger partial charge in [0.15, 0.2) is 0 Å². The number of amides is 2. The lowest BCUT2D eigenvalue weighted by Crippen LogP contribution is -2.48. The average Bonchev–Trinajstić information content (AvgIpc) is 2.97. The van der Waals surface area contributed by atoms with Gasteiger partial charge in [0.05, 0.1) is 31.3 Å². The van der Waals surface area contributed by atoms with Gasteiger partial charge in [0.1, 0.15) is 0 Å². The van der Waals surface area contributed by atoms with Gasteiger partial charge in [-0.15, -0.1) is 0 Å². The maximum absolute atomic E-state index is 13.9. The number of ether oxygens (including phenoxy) is 1. The third-order valence-corrected chi connectivity index (χ3v) is 7.59. The summed E-state index contributed by atoms with van der Waals surface area (Å²) < 4.78 is 6.54. The summed E-state index contributed by atoms with van der Waals surface area (Å²) in [5, 5.41) is 10.0. The van der Waals surface area contributed by atoms with Gasteiger partial charge in [-0.2, -0.15) is 0 Å². The smallest absolute Gasteiger partial charge is 0.254 e. The molecule has 0 unspecified atom stereocenters. The fourth-order valence-electron chi connectivity index (χ4n) is 5.13. The maximum Gasteiger partial charge on any atom is 0.254 e. The summed E-state index contributed by atoms with van der Waals surface area (Å²) in [6.45, 7) is 6.83. The molecule has 4 rings (SSSR count). The Morgan fingerprint density at radius 1 is 0.974 bits per heavy atom.